The summed E-state index contributed by atoms with van der Waals surface area (Å²) in [5.74, 6) is 0.257. The molecule has 0 unspecified atom stereocenters. The molecule has 1 aliphatic heterocycles. The van der Waals surface area contributed by atoms with Crippen LogP contribution in [-0.4, -0.2) is 25.0 Å². The lowest BCUT2D eigenvalue weighted by Gasteiger charge is -2.10. The average molecular weight is 559 g/mol. The highest BCUT2D eigenvalue weighted by molar-refractivity contribution is 8.18. The molecule has 4 rings (SSSR count). The molecule has 0 aromatic heterocycles. The Morgan fingerprint density at radius 1 is 1.03 bits per heavy atom. The molecule has 1 saturated heterocycles. The van der Waals surface area contributed by atoms with Crippen molar-refractivity contribution in [2.24, 2.45) is 4.99 Å². The van der Waals surface area contributed by atoms with E-state index in [4.69, 9.17) is 10.00 Å². The van der Waals surface area contributed by atoms with Crippen LogP contribution in [0.1, 0.15) is 16.7 Å². The molecular weight excluding hydrogens is 541 g/mol. The summed E-state index contributed by atoms with van der Waals surface area (Å²) in [6.07, 6.45) is 1.67. The minimum Gasteiger partial charge on any atom is -0.489 e. The maximum Gasteiger partial charge on any atom is 0.516 e. The van der Waals surface area contributed by atoms with E-state index in [1.54, 1.807) is 42.5 Å². The molecule has 3 aromatic rings. The zero-order valence-electron chi connectivity index (χ0n) is 19.2. The third kappa shape index (κ3) is 6.72. The van der Waals surface area contributed by atoms with Crippen LogP contribution in [0.15, 0.2) is 82.7 Å². The molecule has 0 saturated carbocycles. The average Bonchev–Trinajstić information content (AvgIpc) is 3.22. The number of hydrogen-bond donors (Lipinski definition) is 2. The minimum absolute atomic E-state index is 0.257. The number of nitriles is 1. The number of benzene rings is 3. The Balaban J connectivity index is 1.36. The minimum atomic E-state index is -5.52. The van der Waals surface area contributed by atoms with Gasteiger partial charge in [-0.25, -0.2) is 4.99 Å². The number of thioether (sulfide) groups is 1. The molecule has 0 radical (unpaired) electrons. The predicted molar refractivity (Wildman–Crippen MR) is 138 cm³/mol. The number of carbonyl (C=O) groups is 1. The molecular formula is C25H17F3N4O4S2. The lowest BCUT2D eigenvalue weighted by Crippen LogP contribution is -2.29. The number of anilines is 1. The molecule has 1 heterocycles. The molecule has 38 heavy (non-hydrogen) atoms. The summed E-state index contributed by atoms with van der Waals surface area (Å²) in [6.45, 7) is 0.333. The van der Waals surface area contributed by atoms with Gasteiger partial charge < -0.3 is 10.1 Å². The Hall–Kier alpha value is -4.28. The van der Waals surface area contributed by atoms with E-state index in [1.807, 2.05) is 12.1 Å². The quantitative estimate of drug-likeness (QED) is 0.380. The Bertz CT molecular complexity index is 1540. The molecule has 8 nitrogen and oxygen atoms in total. The van der Waals surface area contributed by atoms with Gasteiger partial charge in [0.25, 0.3) is 5.91 Å². The van der Waals surface area contributed by atoms with E-state index < -0.39 is 15.5 Å². The highest BCUT2D eigenvalue weighted by atomic mass is 32.2. The second-order valence-electron chi connectivity index (χ2n) is 7.75. The summed E-state index contributed by atoms with van der Waals surface area (Å²) >= 11 is 1.08. The second kappa shape index (κ2) is 11.0. The van der Waals surface area contributed by atoms with Crippen molar-refractivity contribution in [3.05, 3.63) is 94.4 Å². The molecule has 0 spiro atoms. The van der Waals surface area contributed by atoms with Crippen LogP contribution in [0.4, 0.5) is 24.5 Å². The number of halogens is 3. The topological polar surface area (TPSA) is 121 Å². The fourth-order valence-electron chi connectivity index (χ4n) is 3.07. The van der Waals surface area contributed by atoms with E-state index in [9.17, 15) is 26.4 Å². The monoisotopic (exact) mass is 558 g/mol. The van der Waals surface area contributed by atoms with Crippen LogP contribution < -0.4 is 14.8 Å². The standard InChI is InChI=1S/C25H17F3N4O4S2/c26-25(27,28)38(34,35)32-20-9-7-19(8-10-20)30-24-31-23(33)22(37-24)13-16-5-11-21(12-6-16)36-15-18-3-1-17(14-29)2-4-18/h1-13,32H,15H2,(H,30,31,33)/b22-13+. The van der Waals surface area contributed by atoms with Gasteiger partial charge in [0, 0.05) is 5.69 Å². The SMILES string of the molecule is N#Cc1ccc(COc2ccc(/C=C3/SC(=Nc4ccc(NS(=O)(=O)C(F)(F)F)cc4)NC3=O)cc2)cc1. The van der Waals surface area contributed by atoms with Crippen molar-refractivity contribution in [2.75, 3.05) is 4.72 Å². The molecule has 0 atom stereocenters. The first-order chi connectivity index (χ1) is 18.0. The van der Waals surface area contributed by atoms with Gasteiger partial charge in [0.15, 0.2) is 5.17 Å². The van der Waals surface area contributed by atoms with Crippen molar-refractivity contribution in [1.82, 2.24) is 5.32 Å². The van der Waals surface area contributed by atoms with Gasteiger partial charge in [0.1, 0.15) is 12.4 Å². The van der Waals surface area contributed by atoms with E-state index in [-0.39, 0.29) is 16.8 Å². The Labute approximate surface area is 219 Å². The number of sulfonamides is 1. The van der Waals surface area contributed by atoms with Crippen molar-refractivity contribution in [1.29, 1.82) is 5.26 Å². The maximum absolute atomic E-state index is 12.5. The van der Waals surface area contributed by atoms with Gasteiger partial charge in [-0.2, -0.15) is 26.9 Å². The Kier molecular flexibility index (Phi) is 7.75. The van der Waals surface area contributed by atoms with Crippen LogP contribution in [0.25, 0.3) is 6.08 Å². The zero-order chi connectivity index (χ0) is 27.3. The predicted octanol–water partition coefficient (Wildman–Crippen LogP) is 5.29. The highest BCUT2D eigenvalue weighted by Crippen LogP contribution is 2.30. The van der Waals surface area contributed by atoms with E-state index in [0.717, 1.165) is 35.0 Å². The molecule has 1 amide bonds. The van der Waals surface area contributed by atoms with Crippen LogP contribution >= 0.6 is 11.8 Å². The number of hydrogen-bond acceptors (Lipinski definition) is 7. The molecule has 1 aliphatic rings. The lowest BCUT2D eigenvalue weighted by atomic mass is 10.1. The number of carbonyl (C=O) groups excluding carboxylic acids is 1. The molecule has 0 bridgehead atoms. The number of ether oxygens (including phenoxy) is 1. The molecule has 0 aliphatic carbocycles. The van der Waals surface area contributed by atoms with E-state index >= 15 is 0 Å². The van der Waals surface area contributed by atoms with Gasteiger partial charge in [0.2, 0.25) is 0 Å². The van der Waals surface area contributed by atoms with Gasteiger partial charge in [-0.05, 0) is 77.5 Å². The third-order valence-electron chi connectivity index (χ3n) is 4.97. The fraction of sp³-hybridized carbons (Fsp3) is 0.0800. The fourth-order valence-corrected chi connectivity index (χ4v) is 4.47. The molecule has 1 fully saturated rings. The summed E-state index contributed by atoms with van der Waals surface area (Å²) in [5, 5.41) is 11.7. The van der Waals surface area contributed by atoms with Crippen LogP contribution in [0.2, 0.25) is 0 Å². The van der Waals surface area contributed by atoms with Gasteiger partial charge in [-0.3, -0.25) is 9.52 Å². The van der Waals surface area contributed by atoms with Crippen LogP contribution in [0.5, 0.6) is 5.75 Å². The van der Waals surface area contributed by atoms with Crippen molar-refractivity contribution >= 4 is 50.3 Å². The number of aliphatic imine (C=N–C) groups is 1. The first kappa shape index (κ1) is 26.8. The smallest absolute Gasteiger partial charge is 0.489 e. The lowest BCUT2D eigenvalue weighted by molar-refractivity contribution is -0.115. The van der Waals surface area contributed by atoms with Crippen molar-refractivity contribution < 1.29 is 31.1 Å². The first-order valence-corrected chi connectivity index (χ1v) is 13.0. The number of amidine groups is 1. The van der Waals surface area contributed by atoms with Gasteiger partial charge in [-0.1, -0.05) is 24.3 Å². The maximum atomic E-state index is 12.5. The number of nitrogens with one attached hydrogen (secondary N) is 2. The summed E-state index contributed by atoms with van der Waals surface area (Å²) in [6, 6.07) is 21.1. The first-order valence-electron chi connectivity index (χ1n) is 10.7. The van der Waals surface area contributed by atoms with Crippen LogP contribution in [-0.2, 0) is 21.4 Å². The molecule has 2 N–H and O–H groups in total. The summed E-state index contributed by atoms with van der Waals surface area (Å²) in [4.78, 5) is 17.0. The van der Waals surface area contributed by atoms with Crippen molar-refractivity contribution in [3.8, 4) is 11.8 Å². The van der Waals surface area contributed by atoms with E-state index in [0.29, 0.717) is 28.5 Å². The van der Waals surface area contributed by atoms with Gasteiger partial charge >= 0.3 is 15.5 Å². The number of amides is 1. The number of alkyl halides is 3. The number of rotatable bonds is 7. The molecule has 194 valence electrons. The van der Waals surface area contributed by atoms with Crippen molar-refractivity contribution in [2.45, 2.75) is 12.1 Å². The Morgan fingerprint density at radius 2 is 1.68 bits per heavy atom. The zero-order valence-corrected chi connectivity index (χ0v) is 20.8. The second-order valence-corrected chi connectivity index (χ2v) is 10.5. The highest BCUT2D eigenvalue weighted by Gasteiger charge is 2.46. The largest absolute Gasteiger partial charge is 0.516 e. The summed E-state index contributed by atoms with van der Waals surface area (Å²) < 4.78 is 67.1. The molecule has 3 aromatic carbocycles. The van der Waals surface area contributed by atoms with Gasteiger partial charge in [0.05, 0.1) is 22.2 Å². The summed E-state index contributed by atoms with van der Waals surface area (Å²) in [7, 11) is -5.52. The van der Waals surface area contributed by atoms with E-state index in [2.05, 4.69) is 16.4 Å². The normalized spacial score (nSPS) is 15.8. The van der Waals surface area contributed by atoms with Crippen LogP contribution in [0, 0.1) is 11.3 Å². The molecule has 13 heteroatoms. The third-order valence-corrected chi connectivity index (χ3v) is 7.00. The van der Waals surface area contributed by atoms with Crippen molar-refractivity contribution in [3.63, 3.8) is 0 Å². The summed E-state index contributed by atoms with van der Waals surface area (Å²) in [5.41, 5.74) is -3.18. The van der Waals surface area contributed by atoms with E-state index in [1.165, 1.54) is 16.9 Å². The number of nitrogens with zero attached hydrogens (tertiary/aromatic N) is 2. The van der Waals surface area contributed by atoms with Crippen LogP contribution in [0.3, 0.4) is 0 Å². The van der Waals surface area contributed by atoms with Gasteiger partial charge in [-0.15, -0.1) is 0 Å². The Morgan fingerprint density at radius 3 is 2.29 bits per heavy atom.